The first kappa shape index (κ1) is 24.6. The second kappa shape index (κ2) is 11.8. The highest BCUT2D eigenvalue weighted by molar-refractivity contribution is 6.36. The van der Waals surface area contributed by atoms with Gasteiger partial charge in [-0.25, -0.2) is 0 Å². The number of halogens is 2. The molecular weight excluding hydrogens is 477 g/mol. The van der Waals surface area contributed by atoms with E-state index in [1.807, 2.05) is 6.07 Å². The van der Waals surface area contributed by atoms with Crippen molar-refractivity contribution >= 4 is 52.5 Å². The summed E-state index contributed by atoms with van der Waals surface area (Å²) in [7, 11) is 1.44. The Balaban J connectivity index is 1.98. The summed E-state index contributed by atoms with van der Waals surface area (Å²) in [6.07, 6.45) is 1.40. The van der Waals surface area contributed by atoms with Crippen molar-refractivity contribution in [2.45, 2.75) is 0 Å². The first-order valence-corrected chi connectivity index (χ1v) is 10.7. The maximum absolute atomic E-state index is 13.1. The lowest BCUT2D eigenvalue weighted by Gasteiger charge is -2.13. The summed E-state index contributed by atoms with van der Waals surface area (Å²) in [6, 6.07) is 20.0. The van der Waals surface area contributed by atoms with Crippen LogP contribution in [-0.2, 0) is 9.59 Å². The number of rotatable bonds is 8. The molecule has 3 aromatic carbocycles. The number of nitriles is 1. The van der Waals surface area contributed by atoms with E-state index < -0.39 is 11.8 Å². The molecule has 0 aliphatic rings. The molecule has 0 aliphatic heterocycles. The van der Waals surface area contributed by atoms with Gasteiger partial charge in [-0.1, -0.05) is 53.5 Å². The Bertz CT molecular complexity index is 1220. The highest BCUT2D eigenvalue weighted by Gasteiger charge is 2.21. The summed E-state index contributed by atoms with van der Waals surface area (Å²) in [5.41, 5.74) is 0.985. The predicted molar refractivity (Wildman–Crippen MR) is 132 cm³/mol. The lowest BCUT2D eigenvalue weighted by molar-refractivity contribution is -0.118. The van der Waals surface area contributed by atoms with Gasteiger partial charge in [-0.15, -0.1) is 0 Å². The van der Waals surface area contributed by atoms with E-state index in [0.29, 0.717) is 38.5 Å². The van der Waals surface area contributed by atoms with Gasteiger partial charge in [-0.05, 0) is 48.0 Å². The number of benzene rings is 3. The first-order valence-electron chi connectivity index (χ1n) is 9.94. The number of nitrogens with zero attached hydrogens (tertiary/aromatic N) is 1. The van der Waals surface area contributed by atoms with Crippen molar-refractivity contribution in [2.24, 2.45) is 0 Å². The zero-order valence-electron chi connectivity index (χ0n) is 18.0. The van der Waals surface area contributed by atoms with Crippen molar-refractivity contribution in [2.75, 3.05) is 24.4 Å². The van der Waals surface area contributed by atoms with Crippen LogP contribution in [0.3, 0.4) is 0 Å². The van der Waals surface area contributed by atoms with E-state index >= 15 is 0 Å². The quantitative estimate of drug-likeness (QED) is 0.242. The molecule has 0 heterocycles. The Labute approximate surface area is 206 Å². The first-order chi connectivity index (χ1) is 16.4. The van der Waals surface area contributed by atoms with Crippen LogP contribution in [0.4, 0.5) is 11.4 Å². The third kappa shape index (κ3) is 6.29. The molecule has 34 heavy (non-hydrogen) atoms. The second-order valence-corrected chi connectivity index (χ2v) is 7.60. The van der Waals surface area contributed by atoms with Crippen LogP contribution in [0.15, 0.2) is 72.3 Å². The van der Waals surface area contributed by atoms with E-state index in [9.17, 15) is 9.59 Å². The molecule has 172 valence electrons. The molecule has 0 spiro atoms. The maximum atomic E-state index is 13.1. The lowest BCUT2D eigenvalue weighted by atomic mass is 10.1. The zero-order valence-corrected chi connectivity index (χ0v) is 19.5. The van der Waals surface area contributed by atoms with Gasteiger partial charge >= 0.3 is 0 Å². The number of methoxy groups -OCH3 is 1. The number of amides is 2. The minimum Gasteiger partial charge on any atom is -0.493 e. The minimum absolute atomic E-state index is 0.155. The average molecular weight is 496 g/mol. The smallest absolute Gasteiger partial charge is 0.261 e. The van der Waals surface area contributed by atoms with Gasteiger partial charge in [0.2, 0.25) is 0 Å². The van der Waals surface area contributed by atoms with Crippen molar-refractivity contribution in [3.8, 4) is 17.6 Å². The SMILES string of the molecule is COc1cc(C=C(C(=O)Nc2ccccc2Cl)C(=O)Nc2ccccc2Cl)ccc1OCC#N. The molecule has 9 heteroatoms. The van der Waals surface area contributed by atoms with Gasteiger partial charge in [0.05, 0.1) is 28.5 Å². The Morgan fingerprint density at radius 2 is 1.47 bits per heavy atom. The average Bonchev–Trinajstić information content (AvgIpc) is 2.84. The fraction of sp³-hybridized carbons (Fsp3) is 0.0800. The van der Waals surface area contributed by atoms with Gasteiger partial charge < -0.3 is 20.1 Å². The van der Waals surface area contributed by atoms with E-state index in [4.69, 9.17) is 37.9 Å². The van der Waals surface area contributed by atoms with Crippen molar-refractivity contribution in [3.05, 3.63) is 87.9 Å². The molecule has 0 saturated heterocycles. The normalized spacial score (nSPS) is 9.94. The van der Waals surface area contributed by atoms with Gasteiger partial charge in [-0.2, -0.15) is 5.26 Å². The van der Waals surface area contributed by atoms with Gasteiger partial charge in [0.15, 0.2) is 18.1 Å². The van der Waals surface area contributed by atoms with Crippen molar-refractivity contribution in [1.29, 1.82) is 5.26 Å². The Morgan fingerprint density at radius 1 is 0.912 bits per heavy atom. The van der Waals surface area contributed by atoms with Crippen LogP contribution in [0, 0.1) is 11.3 Å². The molecule has 3 rings (SSSR count). The molecule has 0 aromatic heterocycles. The van der Waals surface area contributed by atoms with Crippen LogP contribution >= 0.6 is 23.2 Å². The zero-order chi connectivity index (χ0) is 24.5. The van der Waals surface area contributed by atoms with Gasteiger partial charge in [-0.3, -0.25) is 9.59 Å². The van der Waals surface area contributed by atoms with E-state index in [1.165, 1.54) is 13.2 Å². The monoisotopic (exact) mass is 495 g/mol. The summed E-state index contributed by atoms with van der Waals surface area (Å²) in [6.45, 7) is -0.155. The molecule has 0 atom stereocenters. The number of hydrogen-bond acceptors (Lipinski definition) is 5. The minimum atomic E-state index is -0.679. The van der Waals surface area contributed by atoms with Crippen molar-refractivity contribution < 1.29 is 19.1 Å². The largest absolute Gasteiger partial charge is 0.493 e. The van der Waals surface area contributed by atoms with Crippen LogP contribution in [0.25, 0.3) is 6.08 Å². The van der Waals surface area contributed by atoms with Crippen LogP contribution in [-0.4, -0.2) is 25.5 Å². The molecule has 0 saturated carbocycles. The summed E-state index contributed by atoms with van der Waals surface area (Å²) < 4.78 is 10.6. The molecule has 0 fully saturated rings. The van der Waals surface area contributed by atoms with Gasteiger partial charge in [0.25, 0.3) is 11.8 Å². The molecule has 7 nitrogen and oxygen atoms in total. The van der Waals surface area contributed by atoms with Crippen LogP contribution in [0.5, 0.6) is 11.5 Å². The number of ether oxygens (including phenoxy) is 2. The molecular formula is C25H19Cl2N3O4. The lowest BCUT2D eigenvalue weighted by Crippen LogP contribution is -2.25. The van der Waals surface area contributed by atoms with Gasteiger partial charge in [0, 0.05) is 0 Å². The number of carbonyl (C=O) groups excluding carboxylic acids is 2. The molecule has 2 N–H and O–H groups in total. The molecule has 0 aliphatic carbocycles. The summed E-state index contributed by atoms with van der Waals surface area (Å²) in [5.74, 6) is -0.673. The number of carbonyl (C=O) groups is 2. The summed E-state index contributed by atoms with van der Waals surface area (Å²) in [5, 5.41) is 14.7. The molecule has 0 bridgehead atoms. The van der Waals surface area contributed by atoms with E-state index in [0.717, 1.165) is 0 Å². The summed E-state index contributed by atoms with van der Waals surface area (Å²) >= 11 is 12.3. The number of nitrogens with one attached hydrogen (secondary N) is 2. The van der Waals surface area contributed by atoms with Gasteiger partial charge in [0.1, 0.15) is 11.6 Å². The topological polar surface area (TPSA) is 100 Å². The highest BCUT2D eigenvalue weighted by atomic mass is 35.5. The van der Waals surface area contributed by atoms with Crippen molar-refractivity contribution in [1.82, 2.24) is 0 Å². The van der Waals surface area contributed by atoms with E-state index in [-0.39, 0.29) is 12.2 Å². The van der Waals surface area contributed by atoms with Crippen molar-refractivity contribution in [3.63, 3.8) is 0 Å². The number of para-hydroxylation sites is 2. The molecule has 0 unspecified atom stereocenters. The summed E-state index contributed by atoms with van der Waals surface area (Å²) in [4.78, 5) is 26.2. The second-order valence-electron chi connectivity index (χ2n) is 6.78. The van der Waals surface area contributed by atoms with Crippen LogP contribution in [0.1, 0.15) is 5.56 Å². The fourth-order valence-corrected chi connectivity index (χ4v) is 3.27. The molecule has 0 radical (unpaired) electrons. The predicted octanol–water partition coefficient (Wildman–Crippen LogP) is 5.57. The Hall–Kier alpha value is -3.99. The van der Waals surface area contributed by atoms with E-state index in [2.05, 4.69) is 10.6 Å². The fourth-order valence-electron chi connectivity index (χ4n) is 2.91. The third-order valence-corrected chi connectivity index (χ3v) is 5.18. The van der Waals surface area contributed by atoms with Crippen LogP contribution in [0.2, 0.25) is 10.0 Å². The third-order valence-electron chi connectivity index (χ3n) is 4.52. The van der Waals surface area contributed by atoms with E-state index in [1.54, 1.807) is 66.7 Å². The highest BCUT2D eigenvalue weighted by Crippen LogP contribution is 2.30. The Kier molecular flexibility index (Phi) is 8.52. The maximum Gasteiger partial charge on any atom is 0.261 e. The van der Waals surface area contributed by atoms with Crippen LogP contribution < -0.4 is 20.1 Å². The number of anilines is 2. The molecule has 2 amide bonds. The Morgan fingerprint density at radius 3 is 1.97 bits per heavy atom. The molecule has 3 aromatic rings. The standard InChI is InChI=1S/C25H19Cl2N3O4/c1-33-23-15-16(10-11-22(23)34-13-12-28)14-17(24(31)29-20-8-4-2-6-18(20)26)25(32)30-21-9-5-3-7-19(21)27/h2-11,14-15H,13H2,1H3,(H,29,31)(H,30,32). The number of hydrogen-bond donors (Lipinski definition) is 2.